The Hall–Kier alpha value is -4.04. The SMILES string of the molecule is Cc1cc2c(-c3cccc4ccccc34)ccc(C)c2[cH-]1.Cc1cccc(-c2cc3c(-c4cccc5ccccc45)cccc3[cH-]2)c1.Cl.Cl.[CH3-].[CH3-].[Si]=[Zr]. The van der Waals surface area contributed by atoms with Crippen molar-refractivity contribution >= 4 is 74.8 Å². The summed E-state index contributed by atoms with van der Waals surface area (Å²) in [4.78, 5) is 0. The minimum atomic E-state index is 0. The van der Waals surface area contributed by atoms with Gasteiger partial charge in [0.2, 0.25) is 0 Å². The molecular weight excluding hydrogens is 779 g/mol. The maximum absolute atomic E-state index is 3.06. The van der Waals surface area contributed by atoms with Gasteiger partial charge in [-0.2, -0.15) is 6.07 Å². The van der Waals surface area contributed by atoms with Gasteiger partial charge in [0.1, 0.15) is 0 Å². The van der Waals surface area contributed by atoms with Crippen molar-refractivity contribution in [2.24, 2.45) is 0 Å². The first-order valence-corrected chi connectivity index (χ1v) is 20.9. The zero-order valence-electron chi connectivity index (χ0n) is 30.9. The molecule has 0 aliphatic heterocycles. The van der Waals surface area contributed by atoms with Crippen LogP contribution >= 0.6 is 24.8 Å². The van der Waals surface area contributed by atoms with Crippen LogP contribution in [0.4, 0.5) is 0 Å². The third kappa shape index (κ3) is 8.86. The number of halogens is 2. The van der Waals surface area contributed by atoms with E-state index in [1.54, 1.807) is 0 Å². The molecule has 2 radical (unpaired) electrons. The Morgan fingerprint density at radius 1 is 0.453 bits per heavy atom. The summed E-state index contributed by atoms with van der Waals surface area (Å²) in [6.45, 7) is 9.57. The molecule has 0 aliphatic carbocycles. The predicted molar refractivity (Wildman–Crippen MR) is 238 cm³/mol. The second-order valence-corrected chi connectivity index (χ2v) is 12.8. The zero-order valence-corrected chi connectivity index (χ0v) is 36.0. The van der Waals surface area contributed by atoms with Crippen molar-refractivity contribution in [1.82, 2.24) is 0 Å². The van der Waals surface area contributed by atoms with Crippen LogP contribution in [0.3, 0.4) is 0 Å². The topological polar surface area (TPSA) is 0 Å². The van der Waals surface area contributed by atoms with Gasteiger partial charge in [-0.05, 0) is 39.6 Å². The van der Waals surface area contributed by atoms with Crippen molar-refractivity contribution in [2.45, 2.75) is 20.8 Å². The molecule has 0 saturated heterocycles. The van der Waals surface area contributed by atoms with Crippen LogP contribution in [-0.2, 0) is 23.3 Å². The van der Waals surface area contributed by atoms with Gasteiger partial charge in [0.15, 0.2) is 0 Å². The molecule has 9 rings (SSSR count). The summed E-state index contributed by atoms with van der Waals surface area (Å²) in [6, 6.07) is 59.4. The standard InChI is InChI=1S/C26H19.C21H17.2CH3.2ClH.Si.Zr/c1-18-7-4-10-20(15-18)22-16-21-11-6-14-25(26(21)17-22)24-13-5-9-19-8-2-3-12-23(19)24;1-14-12-20-15(2)10-11-19(21(20)13-14)18-9-5-7-16-6-3-4-8-17(16)18;;;;;;/h2-17H,1H3;3-13H,1-2H3;2*1H3;2*1H;;/q4*-1;;;;. The van der Waals surface area contributed by atoms with E-state index in [1.807, 2.05) is 0 Å². The van der Waals surface area contributed by atoms with Crippen molar-refractivity contribution in [1.29, 1.82) is 0 Å². The van der Waals surface area contributed by atoms with E-state index in [2.05, 4.69) is 191 Å². The molecule has 0 fully saturated rings. The van der Waals surface area contributed by atoms with Crippen molar-refractivity contribution in [3.05, 3.63) is 195 Å². The summed E-state index contributed by atoms with van der Waals surface area (Å²) in [7, 11) is 0. The zero-order chi connectivity index (χ0) is 33.9. The molecule has 0 spiro atoms. The number of hydrogen-bond donors (Lipinski definition) is 0. The van der Waals surface area contributed by atoms with Crippen molar-refractivity contribution in [3.8, 4) is 33.4 Å². The number of aryl methyl sites for hydroxylation is 3. The predicted octanol–water partition coefficient (Wildman–Crippen LogP) is 14.7. The second-order valence-electron chi connectivity index (χ2n) is 12.8. The van der Waals surface area contributed by atoms with Gasteiger partial charge in [-0.15, -0.1) is 93.4 Å². The van der Waals surface area contributed by atoms with E-state index in [1.165, 1.54) is 116 Å². The van der Waals surface area contributed by atoms with Gasteiger partial charge < -0.3 is 14.9 Å². The molecule has 4 heteroatoms. The van der Waals surface area contributed by atoms with Gasteiger partial charge in [-0.3, -0.25) is 0 Å². The number of rotatable bonds is 3. The molecule has 53 heavy (non-hydrogen) atoms. The van der Waals surface area contributed by atoms with E-state index < -0.39 is 0 Å². The van der Waals surface area contributed by atoms with Crippen LogP contribution in [0.1, 0.15) is 16.7 Å². The Morgan fingerprint density at radius 2 is 0.962 bits per heavy atom. The van der Waals surface area contributed by atoms with Crippen LogP contribution in [0.15, 0.2) is 164 Å². The summed E-state index contributed by atoms with van der Waals surface area (Å²) < 4.78 is 0. The first-order valence-electron chi connectivity index (χ1n) is 16.7. The first-order chi connectivity index (χ1) is 24.0. The molecule has 0 bridgehead atoms. The molecule has 0 aromatic heterocycles. The first kappa shape index (κ1) is 43.4. The summed E-state index contributed by atoms with van der Waals surface area (Å²) in [5.41, 5.74) is 11.8. The van der Waals surface area contributed by atoms with Crippen LogP contribution in [0, 0.1) is 35.6 Å². The van der Waals surface area contributed by atoms with Crippen LogP contribution in [0.2, 0.25) is 0 Å². The Morgan fingerprint density at radius 3 is 1.57 bits per heavy atom. The van der Waals surface area contributed by atoms with Gasteiger partial charge in [-0.25, -0.2) is 0 Å². The third-order valence-electron chi connectivity index (χ3n) is 9.51. The Bertz CT molecular complexity index is 2580. The fourth-order valence-electron chi connectivity index (χ4n) is 7.21. The molecule has 0 heterocycles. The fourth-order valence-corrected chi connectivity index (χ4v) is 7.21. The van der Waals surface area contributed by atoms with Gasteiger partial charge in [-0.1, -0.05) is 163 Å². The van der Waals surface area contributed by atoms with E-state index in [4.69, 9.17) is 0 Å². The fraction of sp³-hybridized carbons (Fsp3) is 0.0612. The summed E-state index contributed by atoms with van der Waals surface area (Å²) in [5.74, 6) is 0. The molecule has 266 valence electrons. The summed E-state index contributed by atoms with van der Waals surface area (Å²) in [6.07, 6.45) is 0. The minimum absolute atomic E-state index is 0. The Labute approximate surface area is 345 Å². The maximum atomic E-state index is 3.06. The van der Waals surface area contributed by atoms with E-state index >= 15 is 0 Å². The molecular formula is C49H44Cl2SiZr-4. The number of benzene rings is 7. The van der Waals surface area contributed by atoms with E-state index in [9.17, 15) is 0 Å². The number of fused-ring (bicyclic) bond motifs is 4. The third-order valence-corrected chi connectivity index (χ3v) is 9.51. The van der Waals surface area contributed by atoms with E-state index in [0.717, 1.165) is 0 Å². The van der Waals surface area contributed by atoms with Crippen molar-refractivity contribution < 1.29 is 23.3 Å². The summed E-state index contributed by atoms with van der Waals surface area (Å²) in [5, 5.41) is 10.6. The molecule has 0 aliphatic rings. The Balaban J connectivity index is 0.000000259. The van der Waals surface area contributed by atoms with E-state index in [0.29, 0.717) is 0 Å². The number of hydrogen-bond acceptors (Lipinski definition) is 0. The monoisotopic (exact) mass is 820 g/mol. The summed E-state index contributed by atoms with van der Waals surface area (Å²) >= 11 is 1.36. The average Bonchev–Trinajstić information content (AvgIpc) is 3.77. The van der Waals surface area contributed by atoms with Crippen molar-refractivity contribution in [3.63, 3.8) is 0 Å². The second kappa shape index (κ2) is 19.3. The average molecular weight is 823 g/mol. The molecule has 0 N–H and O–H groups in total. The van der Waals surface area contributed by atoms with Crippen LogP contribution in [-0.4, -0.2) is 6.88 Å². The Kier molecular flexibility index (Phi) is 15.8. The van der Waals surface area contributed by atoms with Gasteiger partial charge in [0, 0.05) is 0 Å². The van der Waals surface area contributed by atoms with Gasteiger partial charge in [0.25, 0.3) is 0 Å². The normalized spacial score (nSPS) is 10.1. The van der Waals surface area contributed by atoms with Gasteiger partial charge >= 0.3 is 30.2 Å². The van der Waals surface area contributed by atoms with Crippen LogP contribution in [0.25, 0.3) is 76.5 Å². The van der Waals surface area contributed by atoms with Gasteiger partial charge in [0.05, 0.1) is 0 Å². The molecule has 0 atom stereocenters. The molecule has 0 unspecified atom stereocenters. The molecule has 0 saturated carbocycles. The quantitative estimate of drug-likeness (QED) is 0.123. The van der Waals surface area contributed by atoms with E-state index in [-0.39, 0.29) is 39.7 Å². The van der Waals surface area contributed by atoms with Crippen LogP contribution < -0.4 is 0 Å². The van der Waals surface area contributed by atoms with Crippen molar-refractivity contribution in [2.75, 3.05) is 0 Å². The molecule has 9 aromatic carbocycles. The molecule has 9 aromatic rings. The molecule has 0 nitrogen and oxygen atoms in total. The molecule has 0 amide bonds. The van der Waals surface area contributed by atoms with Crippen LogP contribution in [0.5, 0.6) is 0 Å².